The molecule has 4 rings (SSSR count). The van der Waals surface area contributed by atoms with Gasteiger partial charge in [-0.1, -0.05) is 95.3 Å². The summed E-state index contributed by atoms with van der Waals surface area (Å²) in [6.45, 7) is 19.7. The van der Waals surface area contributed by atoms with Crippen molar-refractivity contribution in [2.24, 2.45) is 0 Å². The number of aryl methyl sites for hydroxylation is 1. The van der Waals surface area contributed by atoms with Crippen molar-refractivity contribution in [1.29, 1.82) is 0 Å². The van der Waals surface area contributed by atoms with Crippen LogP contribution in [-0.2, 0) is 33.4 Å². The van der Waals surface area contributed by atoms with Crippen LogP contribution in [0.4, 0.5) is 0 Å². The van der Waals surface area contributed by atoms with Gasteiger partial charge in [-0.15, -0.1) is 5.10 Å². The molecule has 0 amide bonds. The number of benzene rings is 3. The van der Waals surface area contributed by atoms with Crippen molar-refractivity contribution in [3.8, 4) is 17.0 Å². The molecule has 0 aliphatic rings. The first kappa shape index (κ1) is 31.0. The van der Waals surface area contributed by atoms with Crippen molar-refractivity contribution in [2.75, 3.05) is 0 Å². The highest BCUT2D eigenvalue weighted by Crippen LogP contribution is 2.32. The fraction of sp³-hybridized carbons (Fsp3) is 0.417. The highest BCUT2D eigenvalue weighted by molar-refractivity contribution is 5.75. The van der Waals surface area contributed by atoms with Gasteiger partial charge in [-0.2, -0.15) is 0 Å². The molecule has 0 radical (unpaired) electrons. The van der Waals surface area contributed by atoms with E-state index in [-0.39, 0.29) is 22.9 Å². The number of nitrogens with zero attached hydrogens (tertiary/aromatic N) is 3. The van der Waals surface area contributed by atoms with Gasteiger partial charge in [-0.05, 0) is 77.6 Å². The van der Waals surface area contributed by atoms with E-state index in [1.165, 1.54) is 11.1 Å². The molecule has 1 atom stereocenters. The third-order valence-corrected chi connectivity index (χ3v) is 7.33. The summed E-state index contributed by atoms with van der Waals surface area (Å²) in [5.74, 6) is 0.473. The Labute approximate surface area is 251 Å². The standard InChI is InChI=1S/C36H45N3O3/c1-24(2)42-34(40)33(20-26-13-11-10-12-14-26)39-22-32(37-38-39)31-16-15-30(17-25(31)3)41-23-27-18-28(35(4,5)6)21-29(19-27)36(7,8)9/h10-19,21-22,24,33H,20,23H2,1-9H3. The smallest absolute Gasteiger partial charge is 0.331 e. The summed E-state index contributed by atoms with van der Waals surface area (Å²) in [6.07, 6.45) is 2.07. The third-order valence-electron chi connectivity index (χ3n) is 7.33. The molecule has 6 nitrogen and oxygen atoms in total. The van der Waals surface area contributed by atoms with Crippen LogP contribution in [0, 0.1) is 6.92 Å². The molecule has 6 heteroatoms. The van der Waals surface area contributed by atoms with Crippen LogP contribution in [0.25, 0.3) is 11.3 Å². The molecule has 0 N–H and O–H groups in total. The Morgan fingerprint density at radius 3 is 2.07 bits per heavy atom. The van der Waals surface area contributed by atoms with Crippen molar-refractivity contribution < 1.29 is 14.3 Å². The predicted octanol–water partition coefficient (Wildman–Crippen LogP) is 8.16. The molecule has 0 bridgehead atoms. The minimum Gasteiger partial charge on any atom is -0.489 e. The lowest BCUT2D eigenvalue weighted by molar-refractivity contribution is -0.151. The van der Waals surface area contributed by atoms with Crippen molar-refractivity contribution in [2.45, 2.75) is 98.3 Å². The Morgan fingerprint density at radius 2 is 1.50 bits per heavy atom. The van der Waals surface area contributed by atoms with Gasteiger partial charge >= 0.3 is 5.97 Å². The van der Waals surface area contributed by atoms with Crippen LogP contribution in [0.2, 0.25) is 0 Å². The molecule has 0 aliphatic carbocycles. The van der Waals surface area contributed by atoms with Crippen LogP contribution in [0.1, 0.15) is 89.2 Å². The zero-order valence-electron chi connectivity index (χ0n) is 26.6. The second-order valence-corrected chi connectivity index (χ2v) is 13.5. The van der Waals surface area contributed by atoms with E-state index in [9.17, 15) is 4.79 Å². The summed E-state index contributed by atoms with van der Waals surface area (Å²) < 4.78 is 13.5. The first-order chi connectivity index (χ1) is 19.7. The highest BCUT2D eigenvalue weighted by atomic mass is 16.5. The molecule has 4 aromatic rings. The number of aromatic nitrogens is 3. The van der Waals surface area contributed by atoms with Crippen LogP contribution in [0.3, 0.4) is 0 Å². The SMILES string of the molecule is Cc1cc(OCc2cc(C(C)(C)C)cc(C(C)(C)C)c2)ccc1-c1cn(C(Cc2ccccc2)C(=O)OC(C)C)nn1. The Kier molecular flexibility index (Phi) is 9.24. The largest absolute Gasteiger partial charge is 0.489 e. The number of ether oxygens (including phenoxy) is 2. The predicted molar refractivity (Wildman–Crippen MR) is 169 cm³/mol. The Balaban J connectivity index is 1.54. The van der Waals surface area contributed by atoms with Crippen molar-refractivity contribution >= 4 is 5.97 Å². The second-order valence-electron chi connectivity index (χ2n) is 13.5. The van der Waals surface area contributed by atoms with Gasteiger partial charge in [-0.25, -0.2) is 9.48 Å². The monoisotopic (exact) mass is 567 g/mol. The summed E-state index contributed by atoms with van der Waals surface area (Å²) >= 11 is 0. The molecule has 1 unspecified atom stereocenters. The van der Waals surface area contributed by atoms with E-state index in [0.717, 1.165) is 28.0 Å². The van der Waals surface area contributed by atoms with Crippen LogP contribution in [0.15, 0.2) is 72.9 Å². The molecule has 3 aromatic carbocycles. The highest BCUT2D eigenvalue weighted by Gasteiger charge is 2.26. The van der Waals surface area contributed by atoms with Gasteiger partial charge in [0.1, 0.15) is 18.1 Å². The molecule has 0 saturated heterocycles. The summed E-state index contributed by atoms with van der Waals surface area (Å²) in [7, 11) is 0. The van der Waals surface area contributed by atoms with Gasteiger partial charge in [0.25, 0.3) is 0 Å². The summed E-state index contributed by atoms with van der Waals surface area (Å²) in [5, 5.41) is 8.77. The van der Waals surface area contributed by atoms with Crippen LogP contribution < -0.4 is 4.74 Å². The van der Waals surface area contributed by atoms with E-state index in [4.69, 9.17) is 9.47 Å². The van der Waals surface area contributed by atoms with E-state index in [2.05, 4.69) is 70.1 Å². The molecular formula is C36H45N3O3. The summed E-state index contributed by atoms with van der Waals surface area (Å²) in [5.41, 5.74) is 7.57. The fourth-order valence-corrected chi connectivity index (χ4v) is 4.81. The topological polar surface area (TPSA) is 66.2 Å². The molecule has 0 aliphatic heterocycles. The summed E-state index contributed by atoms with van der Waals surface area (Å²) in [4.78, 5) is 13.0. The van der Waals surface area contributed by atoms with Gasteiger partial charge in [0.05, 0.1) is 12.3 Å². The zero-order chi connectivity index (χ0) is 30.7. The number of carbonyl (C=O) groups excluding carboxylic acids is 1. The van der Waals surface area contributed by atoms with Crippen molar-refractivity contribution in [3.05, 3.63) is 101 Å². The van der Waals surface area contributed by atoms with Gasteiger partial charge < -0.3 is 9.47 Å². The zero-order valence-corrected chi connectivity index (χ0v) is 26.6. The normalized spacial score (nSPS) is 12.8. The van der Waals surface area contributed by atoms with Gasteiger partial charge in [-0.3, -0.25) is 0 Å². The van der Waals surface area contributed by atoms with E-state index < -0.39 is 6.04 Å². The molecule has 1 heterocycles. The van der Waals surface area contributed by atoms with Crippen LogP contribution >= 0.6 is 0 Å². The van der Waals surface area contributed by atoms with Gasteiger partial charge in [0.2, 0.25) is 0 Å². The second kappa shape index (κ2) is 12.5. The average molecular weight is 568 g/mol. The third kappa shape index (κ3) is 7.87. The maximum Gasteiger partial charge on any atom is 0.331 e. The number of rotatable bonds is 9. The Morgan fingerprint density at radius 1 is 0.857 bits per heavy atom. The maximum absolute atomic E-state index is 13.0. The first-order valence-corrected chi connectivity index (χ1v) is 14.8. The summed E-state index contributed by atoms with van der Waals surface area (Å²) in [6, 6.07) is 22.1. The molecule has 0 fully saturated rings. The lowest BCUT2D eigenvalue weighted by Crippen LogP contribution is -2.26. The van der Waals surface area contributed by atoms with Crippen LogP contribution in [-0.4, -0.2) is 27.1 Å². The Hall–Kier alpha value is -3.93. The maximum atomic E-state index is 13.0. The first-order valence-electron chi connectivity index (χ1n) is 14.8. The Bertz CT molecular complexity index is 1480. The lowest BCUT2D eigenvalue weighted by atomic mass is 9.79. The fourth-order valence-electron chi connectivity index (χ4n) is 4.81. The molecule has 1 aromatic heterocycles. The van der Waals surface area contributed by atoms with Gasteiger partial charge in [0.15, 0.2) is 6.04 Å². The molecular weight excluding hydrogens is 522 g/mol. The molecule has 0 saturated carbocycles. The molecule has 0 spiro atoms. The average Bonchev–Trinajstić information content (AvgIpc) is 3.39. The number of hydrogen-bond donors (Lipinski definition) is 0. The van der Waals surface area contributed by atoms with E-state index in [0.29, 0.717) is 18.7 Å². The van der Waals surface area contributed by atoms with E-state index in [1.807, 2.05) is 75.5 Å². The van der Waals surface area contributed by atoms with Crippen molar-refractivity contribution in [1.82, 2.24) is 15.0 Å². The van der Waals surface area contributed by atoms with E-state index in [1.54, 1.807) is 4.68 Å². The van der Waals surface area contributed by atoms with Gasteiger partial charge in [0, 0.05) is 12.0 Å². The lowest BCUT2D eigenvalue weighted by Gasteiger charge is -2.26. The number of carbonyl (C=O) groups is 1. The molecule has 42 heavy (non-hydrogen) atoms. The minimum absolute atomic E-state index is 0.0529. The minimum atomic E-state index is -0.610. The molecule has 222 valence electrons. The van der Waals surface area contributed by atoms with E-state index >= 15 is 0 Å². The van der Waals surface area contributed by atoms with Crippen molar-refractivity contribution in [3.63, 3.8) is 0 Å². The number of hydrogen-bond acceptors (Lipinski definition) is 5. The van der Waals surface area contributed by atoms with Crippen LogP contribution in [0.5, 0.6) is 5.75 Å². The quantitative estimate of drug-likeness (QED) is 0.191. The number of esters is 1.